The van der Waals surface area contributed by atoms with Crippen LogP contribution in [0.2, 0.25) is 0 Å². The maximum atomic E-state index is 14.7. The molecular formula is C24H30FN3O6S. The van der Waals surface area contributed by atoms with Gasteiger partial charge in [0.05, 0.1) is 15.7 Å². The number of halogens is 1. The number of hydrogen-bond donors (Lipinski definition) is 0. The van der Waals surface area contributed by atoms with Crippen molar-refractivity contribution in [1.82, 2.24) is 14.9 Å². The van der Waals surface area contributed by atoms with E-state index >= 15 is 0 Å². The van der Waals surface area contributed by atoms with Crippen LogP contribution in [-0.2, 0) is 14.6 Å². The Hall–Kier alpha value is -2.95. The Bertz CT molecular complexity index is 1200. The molecule has 35 heavy (non-hydrogen) atoms. The second-order valence-corrected chi connectivity index (χ2v) is 12.1. The summed E-state index contributed by atoms with van der Waals surface area (Å²) in [5.74, 6) is -0.517. The predicted molar refractivity (Wildman–Crippen MR) is 125 cm³/mol. The fourth-order valence-corrected chi connectivity index (χ4v) is 5.36. The minimum absolute atomic E-state index is 0.0500. The van der Waals surface area contributed by atoms with Crippen LogP contribution in [-0.4, -0.2) is 59.4 Å². The lowest BCUT2D eigenvalue weighted by Gasteiger charge is -2.33. The Morgan fingerprint density at radius 2 is 1.74 bits per heavy atom. The number of piperidine rings is 1. The van der Waals surface area contributed by atoms with Crippen molar-refractivity contribution in [3.8, 4) is 17.5 Å². The number of likely N-dealkylation sites (tertiary alicyclic amines) is 1. The largest absolute Gasteiger partial charge is 0.474 e. The monoisotopic (exact) mass is 507 g/mol. The van der Waals surface area contributed by atoms with Crippen molar-refractivity contribution in [2.24, 2.45) is 0 Å². The molecule has 1 saturated heterocycles. The first kappa shape index (κ1) is 25.2. The molecule has 2 aliphatic rings. The van der Waals surface area contributed by atoms with Crippen LogP contribution in [0.5, 0.6) is 17.5 Å². The minimum Gasteiger partial charge on any atom is -0.474 e. The van der Waals surface area contributed by atoms with Gasteiger partial charge in [-0.05, 0) is 58.7 Å². The maximum absolute atomic E-state index is 14.7. The van der Waals surface area contributed by atoms with Gasteiger partial charge in [-0.1, -0.05) is 0 Å². The molecule has 1 aliphatic heterocycles. The van der Waals surface area contributed by atoms with Crippen LogP contribution >= 0.6 is 0 Å². The number of carbonyl (C=O) groups is 1. The van der Waals surface area contributed by atoms with Crippen LogP contribution in [0.15, 0.2) is 29.4 Å². The van der Waals surface area contributed by atoms with Crippen LogP contribution in [0.1, 0.15) is 52.0 Å². The summed E-state index contributed by atoms with van der Waals surface area (Å²) in [7, 11) is -3.50. The normalized spacial score (nSPS) is 17.2. The van der Waals surface area contributed by atoms with E-state index in [1.807, 2.05) is 20.8 Å². The quantitative estimate of drug-likeness (QED) is 0.565. The lowest BCUT2D eigenvalue weighted by atomic mass is 10.1. The third-order valence-electron chi connectivity index (χ3n) is 5.77. The van der Waals surface area contributed by atoms with E-state index in [2.05, 4.69) is 9.97 Å². The predicted octanol–water partition coefficient (Wildman–Crippen LogP) is 4.43. The van der Waals surface area contributed by atoms with Gasteiger partial charge in [-0.2, -0.15) is 0 Å². The highest BCUT2D eigenvalue weighted by Crippen LogP contribution is 2.36. The van der Waals surface area contributed by atoms with Gasteiger partial charge in [-0.15, -0.1) is 0 Å². The fraction of sp³-hybridized carbons (Fsp3) is 0.542. The molecule has 4 rings (SSSR count). The molecule has 1 aliphatic carbocycles. The Morgan fingerprint density at radius 1 is 1.09 bits per heavy atom. The van der Waals surface area contributed by atoms with E-state index in [4.69, 9.17) is 14.2 Å². The van der Waals surface area contributed by atoms with E-state index in [9.17, 15) is 17.6 Å². The minimum atomic E-state index is -3.50. The van der Waals surface area contributed by atoms with Gasteiger partial charge < -0.3 is 19.1 Å². The van der Waals surface area contributed by atoms with Crippen molar-refractivity contribution in [1.29, 1.82) is 0 Å². The Labute approximate surface area is 204 Å². The molecule has 2 fully saturated rings. The van der Waals surface area contributed by atoms with Crippen LogP contribution in [0.25, 0.3) is 0 Å². The molecule has 2 heterocycles. The first-order valence-electron chi connectivity index (χ1n) is 11.6. The zero-order valence-corrected chi connectivity index (χ0v) is 21.1. The van der Waals surface area contributed by atoms with Gasteiger partial charge in [0.2, 0.25) is 11.8 Å². The highest BCUT2D eigenvalue weighted by atomic mass is 32.2. The average molecular weight is 508 g/mol. The molecule has 0 N–H and O–H groups in total. The van der Waals surface area contributed by atoms with Crippen LogP contribution in [0.4, 0.5) is 9.18 Å². The number of nitrogens with zero attached hydrogens (tertiary/aromatic N) is 3. The molecule has 0 spiro atoms. The number of carbonyl (C=O) groups excluding carboxylic acids is 1. The molecule has 190 valence electrons. The number of amides is 1. The number of hydrogen-bond acceptors (Lipinski definition) is 8. The van der Waals surface area contributed by atoms with Crippen molar-refractivity contribution >= 4 is 15.9 Å². The van der Waals surface area contributed by atoms with E-state index in [-0.39, 0.29) is 28.7 Å². The van der Waals surface area contributed by atoms with Crippen LogP contribution in [0.3, 0.4) is 0 Å². The molecule has 1 amide bonds. The van der Waals surface area contributed by atoms with Crippen molar-refractivity contribution < 1.29 is 31.8 Å². The third kappa shape index (κ3) is 6.01. The Kier molecular flexibility index (Phi) is 6.90. The number of aromatic nitrogens is 2. The summed E-state index contributed by atoms with van der Waals surface area (Å²) in [4.78, 5) is 22.1. The van der Waals surface area contributed by atoms with Gasteiger partial charge in [0, 0.05) is 25.9 Å². The van der Waals surface area contributed by atoms with E-state index < -0.39 is 26.5 Å². The van der Waals surface area contributed by atoms with Crippen molar-refractivity contribution in [2.75, 3.05) is 13.1 Å². The molecular weight excluding hydrogens is 477 g/mol. The summed E-state index contributed by atoms with van der Waals surface area (Å²) in [5, 5.41) is -0.423. The highest BCUT2D eigenvalue weighted by molar-refractivity contribution is 7.92. The summed E-state index contributed by atoms with van der Waals surface area (Å²) in [6, 6.07) is 3.62. The third-order valence-corrected chi connectivity index (χ3v) is 8.03. The first-order valence-corrected chi connectivity index (χ1v) is 13.2. The molecule has 2 aromatic rings. The molecule has 1 saturated carbocycles. The second kappa shape index (κ2) is 9.60. The van der Waals surface area contributed by atoms with Gasteiger partial charge in [0.15, 0.2) is 21.4 Å². The number of ether oxygens (including phenoxy) is 3. The van der Waals surface area contributed by atoms with Crippen LogP contribution in [0, 0.1) is 12.7 Å². The molecule has 0 unspecified atom stereocenters. The summed E-state index contributed by atoms with van der Waals surface area (Å²) in [6.07, 6.45) is 3.16. The number of benzene rings is 1. The van der Waals surface area contributed by atoms with Crippen molar-refractivity contribution in [2.45, 2.75) is 75.2 Å². The van der Waals surface area contributed by atoms with Crippen molar-refractivity contribution in [3.63, 3.8) is 0 Å². The number of sulfone groups is 1. The van der Waals surface area contributed by atoms with Gasteiger partial charge in [-0.25, -0.2) is 27.6 Å². The van der Waals surface area contributed by atoms with E-state index in [0.29, 0.717) is 50.2 Å². The summed E-state index contributed by atoms with van der Waals surface area (Å²) in [6.45, 7) is 8.17. The Balaban J connectivity index is 1.39. The lowest BCUT2D eigenvalue weighted by Crippen LogP contribution is -2.44. The summed E-state index contributed by atoms with van der Waals surface area (Å²) in [5.41, 5.74) is -0.0689. The van der Waals surface area contributed by atoms with Gasteiger partial charge >= 0.3 is 6.09 Å². The lowest BCUT2D eigenvalue weighted by molar-refractivity contribution is 0.0122. The van der Waals surface area contributed by atoms with Crippen LogP contribution < -0.4 is 9.47 Å². The SMILES string of the molecule is Cc1c(Oc2ccc(S(=O)(=O)C3CC3)cc2F)ncnc1OC1CCN(C(=O)OC(C)(C)C)CC1. The molecule has 0 radical (unpaired) electrons. The van der Waals surface area contributed by atoms with Gasteiger partial charge in [0.25, 0.3) is 0 Å². The fourth-order valence-electron chi connectivity index (χ4n) is 3.70. The molecule has 1 aromatic carbocycles. The molecule has 11 heteroatoms. The summed E-state index contributed by atoms with van der Waals surface area (Å²) < 4.78 is 56.4. The molecule has 0 bridgehead atoms. The van der Waals surface area contributed by atoms with Gasteiger partial charge in [0.1, 0.15) is 18.0 Å². The second-order valence-electron chi connectivity index (χ2n) is 9.83. The van der Waals surface area contributed by atoms with E-state index in [0.717, 1.165) is 6.07 Å². The van der Waals surface area contributed by atoms with E-state index in [1.165, 1.54) is 18.5 Å². The number of rotatable bonds is 6. The topological polar surface area (TPSA) is 108 Å². The standard InChI is InChI=1S/C24H30FN3O6S/c1-15-21(32-16-9-11-28(12-10-16)23(29)34-24(2,3)4)26-14-27-22(15)33-20-8-7-18(13-19(20)25)35(30,31)17-5-6-17/h7-8,13-14,16-17H,5-6,9-12H2,1-4H3. The molecule has 9 nitrogen and oxygen atoms in total. The zero-order valence-electron chi connectivity index (χ0n) is 20.3. The Morgan fingerprint density at radius 3 is 2.34 bits per heavy atom. The van der Waals surface area contributed by atoms with Gasteiger partial charge in [-0.3, -0.25) is 0 Å². The highest BCUT2D eigenvalue weighted by Gasteiger charge is 2.37. The van der Waals surface area contributed by atoms with E-state index in [1.54, 1.807) is 11.8 Å². The maximum Gasteiger partial charge on any atom is 0.410 e. The van der Waals surface area contributed by atoms with Crippen molar-refractivity contribution in [3.05, 3.63) is 35.9 Å². The first-order chi connectivity index (χ1) is 16.4. The molecule has 0 atom stereocenters. The molecule has 1 aromatic heterocycles. The zero-order chi connectivity index (χ0) is 25.4. The average Bonchev–Trinajstić information content (AvgIpc) is 3.63. The smallest absolute Gasteiger partial charge is 0.410 e. The summed E-state index contributed by atoms with van der Waals surface area (Å²) >= 11 is 0.